The second kappa shape index (κ2) is 5.57. The number of rotatable bonds is 5. The molecule has 0 saturated heterocycles. The highest BCUT2D eigenvalue weighted by Gasteiger charge is 2.04. The molecule has 0 aromatic rings. The highest BCUT2D eigenvalue weighted by Crippen LogP contribution is 1.91. The van der Waals surface area contributed by atoms with Crippen molar-refractivity contribution in [2.75, 3.05) is 6.54 Å². The molecule has 4 nitrogen and oxygen atoms in total. The number of aliphatic carboxylic acids is 1. The summed E-state index contributed by atoms with van der Waals surface area (Å²) < 4.78 is 0. The van der Waals surface area contributed by atoms with Crippen LogP contribution in [0.3, 0.4) is 0 Å². The van der Waals surface area contributed by atoms with Crippen LogP contribution in [0.25, 0.3) is 0 Å². The maximum absolute atomic E-state index is 10.9. The number of hydrogen-bond donors (Lipinski definition) is 2. The SMILES string of the molecule is CC(C)CNC(=O)CCC(=O)O. The molecule has 1 amide bonds. The maximum Gasteiger partial charge on any atom is 0.303 e. The second-order valence-electron chi connectivity index (χ2n) is 3.09. The monoisotopic (exact) mass is 173 g/mol. The molecule has 0 aliphatic heterocycles. The van der Waals surface area contributed by atoms with Crippen LogP contribution in [0.2, 0.25) is 0 Å². The molecule has 0 spiro atoms. The predicted molar refractivity (Wildman–Crippen MR) is 44.7 cm³/mol. The molecule has 0 heterocycles. The Balaban J connectivity index is 3.40. The van der Waals surface area contributed by atoms with Crippen molar-refractivity contribution in [3.8, 4) is 0 Å². The molecule has 0 aromatic heterocycles. The molecule has 0 saturated carbocycles. The number of carboxylic acids is 1. The molecule has 0 unspecified atom stereocenters. The van der Waals surface area contributed by atoms with E-state index in [4.69, 9.17) is 5.11 Å². The summed E-state index contributed by atoms with van der Waals surface area (Å²) in [5.74, 6) is -0.723. The Morgan fingerprint density at radius 3 is 2.33 bits per heavy atom. The van der Waals surface area contributed by atoms with Crippen LogP contribution in [0.1, 0.15) is 26.7 Å². The van der Waals surface area contributed by atoms with E-state index in [1.807, 2.05) is 13.8 Å². The van der Waals surface area contributed by atoms with E-state index in [0.717, 1.165) is 0 Å². The highest BCUT2D eigenvalue weighted by molar-refractivity contribution is 5.80. The van der Waals surface area contributed by atoms with Crippen molar-refractivity contribution in [2.24, 2.45) is 5.92 Å². The second-order valence-corrected chi connectivity index (χ2v) is 3.09. The van der Waals surface area contributed by atoms with Crippen LogP contribution in [0.4, 0.5) is 0 Å². The van der Waals surface area contributed by atoms with Crippen molar-refractivity contribution in [2.45, 2.75) is 26.7 Å². The zero-order valence-electron chi connectivity index (χ0n) is 7.46. The predicted octanol–water partition coefficient (Wildman–Crippen LogP) is 0.623. The van der Waals surface area contributed by atoms with Crippen LogP contribution >= 0.6 is 0 Å². The lowest BCUT2D eigenvalue weighted by molar-refractivity contribution is -0.138. The number of carbonyl (C=O) groups excluding carboxylic acids is 1. The number of carboxylic acid groups (broad SMARTS) is 1. The van der Waals surface area contributed by atoms with E-state index in [1.165, 1.54) is 0 Å². The third-order valence-corrected chi connectivity index (χ3v) is 1.27. The van der Waals surface area contributed by atoms with Crippen molar-refractivity contribution in [1.29, 1.82) is 0 Å². The molecular formula is C8H15NO3. The highest BCUT2D eigenvalue weighted by atomic mass is 16.4. The first-order chi connectivity index (χ1) is 5.52. The molecule has 70 valence electrons. The summed E-state index contributed by atoms with van der Waals surface area (Å²) >= 11 is 0. The third kappa shape index (κ3) is 7.05. The Morgan fingerprint density at radius 1 is 1.33 bits per heavy atom. The Morgan fingerprint density at radius 2 is 1.92 bits per heavy atom. The van der Waals surface area contributed by atoms with Gasteiger partial charge in [0.25, 0.3) is 0 Å². The van der Waals surface area contributed by atoms with E-state index in [9.17, 15) is 9.59 Å². The fourth-order valence-corrected chi connectivity index (χ4v) is 0.627. The smallest absolute Gasteiger partial charge is 0.303 e. The minimum absolute atomic E-state index is 0.0715. The molecule has 0 fully saturated rings. The molecule has 12 heavy (non-hydrogen) atoms. The Hall–Kier alpha value is -1.06. The molecule has 2 N–H and O–H groups in total. The first kappa shape index (κ1) is 10.9. The number of nitrogens with one attached hydrogen (secondary N) is 1. The molecule has 0 atom stereocenters. The molecule has 0 bridgehead atoms. The zero-order chi connectivity index (χ0) is 9.56. The van der Waals surface area contributed by atoms with Crippen molar-refractivity contribution >= 4 is 11.9 Å². The average molecular weight is 173 g/mol. The largest absolute Gasteiger partial charge is 0.481 e. The van der Waals surface area contributed by atoms with Gasteiger partial charge in [-0.15, -0.1) is 0 Å². The topological polar surface area (TPSA) is 66.4 Å². The van der Waals surface area contributed by atoms with E-state index >= 15 is 0 Å². The quantitative estimate of drug-likeness (QED) is 0.640. The molecule has 0 rings (SSSR count). The fourth-order valence-electron chi connectivity index (χ4n) is 0.627. The van der Waals surface area contributed by atoms with E-state index in [-0.39, 0.29) is 18.7 Å². The minimum Gasteiger partial charge on any atom is -0.481 e. The van der Waals surface area contributed by atoms with Gasteiger partial charge in [0.1, 0.15) is 0 Å². The van der Waals surface area contributed by atoms with Gasteiger partial charge < -0.3 is 10.4 Å². The van der Waals surface area contributed by atoms with E-state index < -0.39 is 5.97 Å². The molecule has 0 radical (unpaired) electrons. The van der Waals surface area contributed by atoms with E-state index in [1.54, 1.807) is 0 Å². The van der Waals surface area contributed by atoms with E-state index in [2.05, 4.69) is 5.32 Å². The van der Waals surface area contributed by atoms with E-state index in [0.29, 0.717) is 12.5 Å². The first-order valence-corrected chi connectivity index (χ1v) is 4.01. The van der Waals surface area contributed by atoms with Crippen LogP contribution in [0.15, 0.2) is 0 Å². The van der Waals surface area contributed by atoms with Gasteiger partial charge in [-0.3, -0.25) is 9.59 Å². The number of hydrogen-bond acceptors (Lipinski definition) is 2. The number of carbonyl (C=O) groups is 2. The van der Waals surface area contributed by atoms with Crippen molar-refractivity contribution < 1.29 is 14.7 Å². The standard InChI is InChI=1S/C8H15NO3/c1-6(2)5-9-7(10)3-4-8(11)12/h6H,3-5H2,1-2H3,(H,9,10)(H,11,12). The van der Waals surface area contributed by atoms with Crippen LogP contribution in [0, 0.1) is 5.92 Å². The Labute approximate surface area is 72.0 Å². The minimum atomic E-state index is -0.935. The molecule has 0 aromatic carbocycles. The van der Waals surface area contributed by atoms with Crippen molar-refractivity contribution in [3.05, 3.63) is 0 Å². The Bertz CT molecular complexity index is 166. The van der Waals surface area contributed by atoms with Crippen molar-refractivity contribution in [1.82, 2.24) is 5.32 Å². The summed E-state index contributed by atoms with van der Waals surface area (Å²) in [6, 6.07) is 0. The zero-order valence-corrected chi connectivity index (χ0v) is 7.46. The maximum atomic E-state index is 10.9. The lowest BCUT2D eigenvalue weighted by Crippen LogP contribution is -2.27. The molecule has 4 heteroatoms. The summed E-state index contributed by atoms with van der Waals surface area (Å²) in [4.78, 5) is 20.9. The van der Waals surface area contributed by atoms with Gasteiger partial charge >= 0.3 is 5.97 Å². The van der Waals surface area contributed by atoms with Crippen LogP contribution in [0.5, 0.6) is 0 Å². The van der Waals surface area contributed by atoms with Crippen LogP contribution in [-0.2, 0) is 9.59 Å². The van der Waals surface area contributed by atoms with Gasteiger partial charge in [-0.05, 0) is 5.92 Å². The van der Waals surface area contributed by atoms with Crippen LogP contribution < -0.4 is 5.32 Å². The summed E-state index contributed by atoms with van der Waals surface area (Å²) in [6.07, 6.45) is -0.0218. The summed E-state index contributed by atoms with van der Waals surface area (Å²) in [6.45, 7) is 4.58. The lowest BCUT2D eigenvalue weighted by Gasteiger charge is -2.05. The van der Waals surface area contributed by atoms with Gasteiger partial charge in [0.15, 0.2) is 0 Å². The van der Waals surface area contributed by atoms with Gasteiger partial charge in [0, 0.05) is 13.0 Å². The summed E-state index contributed by atoms with van der Waals surface area (Å²) in [5, 5.41) is 10.9. The third-order valence-electron chi connectivity index (χ3n) is 1.27. The van der Waals surface area contributed by atoms with Gasteiger partial charge in [-0.2, -0.15) is 0 Å². The summed E-state index contributed by atoms with van der Waals surface area (Å²) in [5.41, 5.74) is 0. The molecular weight excluding hydrogens is 158 g/mol. The first-order valence-electron chi connectivity index (χ1n) is 4.01. The summed E-state index contributed by atoms with van der Waals surface area (Å²) in [7, 11) is 0. The lowest BCUT2D eigenvalue weighted by atomic mass is 10.2. The number of amides is 1. The molecule has 0 aliphatic rings. The van der Waals surface area contributed by atoms with Crippen LogP contribution in [-0.4, -0.2) is 23.5 Å². The van der Waals surface area contributed by atoms with Gasteiger partial charge in [-0.1, -0.05) is 13.8 Å². The van der Waals surface area contributed by atoms with Crippen molar-refractivity contribution in [3.63, 3.8) is 0 Å². The Kier molecular flexibility index (Phi) is 5.08. The normalized spacial score (nSPS) is 9.92. The van der Waals surface area contributed by atoms with Gasteiger partial charge in [0.2, 0.25) is 5.91 Å². The van der Waals surface area contributed by atoms with Gasteiger partial charge in [-0.25, -0.2) is 0 Å². The average Bonchev–Trinajstić information content (AvgIpc) is 1.96. The fraction of sp³-hybridized carbons (Fsp3) is 0.750. The van der Waals surface area contributed by atoms with Gasteiger partial charge in [0.05, 0.1) is 6.42 Å². The molecule has 0 aliphatic carbocycles.